The number of benzene rings is 4. The van der Waals surface area contributed by atoms with E-state index >= 15 is 0 Å². The lowest BCUT2D eigenvalue weighted by molar-refractivity contribution is 1.37. The maximum absolute atomic E-state index is 5.83. The van der Waals surface area contributed by atoms with Gasteiger partial charge in [0.05, 0.1) is 16.7 Å². The first kappa shape index (κ1) is 23.2. The molecule has 6 aromatic rings. The monoisotopic (exact) mass is 490 g/mol. The lowest BCUT2D eigenvalue weighted by Crippen LogP contribution is -1.90. The molecule has 4 aromatic carbocycles. The normalized spacial score (nSPS) is 11.7. The Morgan fingerprint density at radius 2 is 1.18 bits per heavy atom. The van der Waals surface area contributed by atoms with Crippen molar-refractivity contribution in [2.75, 3.05) is 11.5 Å². The minimum atomic E-state index is 0.756. The molecular formula is C34H26N4. The summed E-state index contributed by atoms with van der Waals surface area (Å²) >= 11 is 0. The maximum Gasteiger partial charge on any atom is 0.0786 e. The maximum atomic E-state index is 5.83. The van der Waals surface area contributed by atoms with Gasteiger partial charge in [-0.3, -0.25) is 4.98 Å². The number of hydrogen-bond acceptors (Lipinski definition) is 4. The molecule has 0 saturated carbocycles. The second-order valence-electron chi connectivity index (χ2n) is 9.21. The highest BCUT2D eigenvalue weighted by Crippen LogP contribution is 2.34. The first-order chi connectivity index (χ1) is 18.6. The van der Waals surface area contributed by atoms with Crippen LogP contribution in [0.2, 0.25) is 0 Å². The third-order valence-corrected chi connectivity index (χ3v) is 6.62. The quantitative estimate of drug-likeness (QED) is 0.240. The number of aromatic nitrogens is 2. The predicted molar refractivity (Wildman–Crippen MR) is 162 cm³/mol. The van der Waals surface area contributed by atoms with Gasteiger partial charge in [0, 0.05) is 33.9 Å². The van der Waals surface area contributed by atoms with Gasteiger partial charge in [-0.05, 0) is 70.8 Å². The van der Waals surface area contributed by atoms with Gasteiger partial charge in [0.25, 0.3) is 0 Å². The van der Waals surface area contributed by atoms with Crippen LogP contribution in [-0.2, 0) is 0 Å². The van der Waals surface area contributed by atoms with Crippen LogP contribution >= 0.6 is 0 Å². The van der Waals surface area contributed by atoms with Crippen molar-refractivity contribution in [2.24, 2.45) is 0 Å². The van der Waals surface area contributed by atoms with E-state index in [1.165, 1.54) is 0 Å². The van der Waals surface area contributed by atoms with Crippen molar-refractivity contribution < 1.29 is 0 Å². The van der Waals surface area contributed by atoms with E-state index in [2.05, 4.69) is 60.7 Å². The molecule has 2 heterocycles. The van der Waals surface area contributed by atoms with Crippen LogP contribution in [-0.4, -0.2) is 9.97 Å². The largest absolute Gasteiger partial charge is 0.399 e. The fraction of sp³-hybridized carbons (Fsp3) is 0. The molecule has 0 bridgehead atoms. The Morgan fingerprint density at radius 3 is 1.92 bits per heavy atom. The molecule has 0 saturated heterocycles. The minimum absolute atomic E-state index is 0.756. The van der Waals surface area contributed by atoms with Crippen molar-refractivity contribution in [1.82, 2.24) is 9.97 Å². The standard InChI is InChI=1S/C34H26N4/c35-26-14-8-23(9-15-26)7-13-25-21-22-37-34-29(25)3-1-5-32(34)30-4-2-6-33-31(30)20-19-28(38-33)18-12-24-10-16-27(36)17-11-24/h1-22H,35-36H2/b13-7-,18-12+. The second-order valence-corrected chi connectivity index (χ2v) is 9.21. The van der Waals surface area contributed by atoms with Crippen molar-refractivity contribution in [2.45, 2.75) is 0 Å². The fourth-order valence-electron chi connectivity index (χ4n) is 4.64. The molecule has 0 atom stereocenters. The molecule has 0 fully saturated rings. The molecule has 38 heavy (non-hydrogen) atoms. The molecule has 0 aliphatic rings. The third kappa shape index (κ3) is 4.75. The summed E-state index contributed by atoms with van der Waals surface area (Å²) in [5, 5.41) is 2.19. The van der Waals surface area contributed by atoms with Gasteiger partial charge in [-0.15, -0.1) is 0 Å². The molecule has 0 spiro atoms. The van der Waals surface area contributed by atoms with Crippen LogP contribution in [0.4, 0.5) is 11.4 Å². The molecule has 0 radical (unpaired) electrons. The number of nitrogens with two attached hydrogens (primary N) is 2. The average Bonchev–Trinajstić information content (AvgIpc) is 2.96. The van der Waals surface area contributed by atoms with Crippen LogP contribution in [0.3, 0.4) is 0 Å². The van der Waals surface area contributed by atoms with Crippen molar-refractivity contribution in [3.05, 3.63) is 132 Å². The van der Waals surface area contributed by atoms with Gasteiger partial charge < -0.3 is 11.5 Å². The van der Waals surface area contributed by atoms with Crippen molar-refractivity contribution in [3.8, 4) is 11.1 Å². The Bertz CT molecular complexity index is 1820. The van der Waals surface area contributed by atoms with Crippen LogP contribution in [0.5, 0.6) is 0 Å². The molecule has 6 rings (SSSR count). The minimum Gasteiger partial charge on any atom is -0.399 e. The third-order valence-electron chi connectivity index (χ3n) is 6.62. The summed E-state index contributed by atoms with van der Waals surface area (Å²) in [4.78, 5) is 9.70. The first-order valence-electron chi connectivity index (χ1n) is 12.5. The van der Waals surface area contributed by atoms with Gasteiger partial charge in [0.15, 0.2) is 0 Å². The van der Waals surface area contributed by atoms with Crippen LogP contribution in [0.15, 0.2) is 109 Å². The Kier molecular flexibility index (Phi) is 6.12. The Balaban J connectivity index is 1.38. The number of anilines is 2. The van der Waals surface area contributed by atoms with E-state index < -0.39 is 0 Å². The Labute approximate surface area is 221 Å². The molecule has 4 N–H and O–H groups in total. The van der Waals surface area contributed by atoms with Gasteiger partial charge in [-0.1, -0.05) is 78.9 Å². The average molecular weight is 491 g/mol. The van der Waals surface area contributed by atoms with Crippen molar-refractivity contribution >= 4 is 57.5 Å². The summed E-state index contributed by atoms with van der Waals surface area (Å²) in [5.74, 6) is 0. The smallest absolute Gasteiger partial charge is 0.0786 e. The lowest BCUT2D eigenvalue weighted by Gasteiger charge is -2.11. The summed E-state index contributed by atoms with van der Waals surface area (Å²) in [6.45, 7) is 0. The lowest BCUT2D eigenvalue weighted by atomic mass is 9.96. The molecular weight excluding hydrogens is 464 g/mol. The second kappa shape index (κ2) is 10.0. The van der Waals surface area contributed by atoms with E-state index in [1.807, 2.05) is 72.9 Å². The Hall–Kier alpha value is -5.22. The highest BCUT2D eigenvalue weighted by Gasteiger charge is 2.11. The first-order valence-corrected chi connectivity index (χ1v) is 12.5. The summed E-state index contributed by atoms with van der Waals surface area (Å²) in [7, 11) is 0. The summed E-state index contributed by atoms with van der Waals surface area (Å²) in [6, 6.07) is 34.5. The molecule has 0 aliphatic carbocycles. The molecule has 2 aromatic heterocycles. The van der Waals surface area contributed by atoms with E-state index in [0.717, 1.165) is 66.7 Å². The topological polar surface area (TPSA) is 77.8 Å². The van der Waals surface area contributed by atoms with E-state index in [0.29, 0.717) is 0 Å². The van der Waals surface area contributed by atoms with Crippen LogP contribution in [0.1, 0.15) is 22.4 Å². The number of rotatable bonds is 5. The van der Waals surface area contributed by atoms with Crippen LogP contribution in [0.25, 0.3) is 57.2 Å². The highest BCUT2D eigenvalue weighted by molar-refractivity contribution is 6.05. The van der Waals surface area contributed by atoms with Crippen molar-refractivity contribution in [3.63, 3.8) is 0 Å². The number of para-hydroxylation sites is 1. The van der Waals surface area contributed by atoms with Gasteiger partial charge in [-0.25, -0.2) is 4.98 Å². The number of nitrogen functional groups attached to an aromatic ring is 2. The molecule has 0 amide bonds. The van der Waals surface area contributed by atoms with E-state index in [-0.39, 0.29) is 0 Å². The van der Waals surface area contributed by atoms with Gasteiger partial charge >= 0.3 is 0 Å². The zero-order valence-electron chi connectivity index (χ0n) is 20.8. The van der Waals surface area contributed by atoms with Crippen LogP contribution in [0, 0.1) is 0 Å². The SMILES string of the molecule is Nc1ccc(/C=C\c2ccnc3c(-c4cccc5nc(/C=C/c6ccc(N)cc6)ccc45)cccc23)cc1. The highest BCUT2D eigenvalue weighted by atomic mass is 14.7. The number of fused-ring (bicyclic) bond motifs is 2. The molecule has 182 valence electrons. The van der Waals surface area contributed by atoms with Crippen molar-refractivity contribution in [1.29, 1.82) is 0 Å². The van der Waals surface area contributed by atoms with Gasteiger partial charge in [-0.2, -0.15) is 0 Å². The number of nitrogens with zero attached hydrogens (tertiary/aromatic N) is 2. The number of hydrogen-bond donors (Lipinski definition) is 2. The van der Waals surface area contributed by atoms with Gasteiger partial charge in [0.1, 0.15) is 0 Å². The van der Waals surface area contributed by atoms with E-state index in [1.54, 1.807) is 0 Å². The summed E-state index contributed by atoms with van der Waals surface area (Å²) in [6.07, 6.45) is 10.2. The zero-order valence-corrected chi connectivity index (χ0v) is 20.8. The number of pyridine rings is 2. The molecule has 4 nitrogen and oxygen atoms in total. The molecule has 0 unspecified atom stereocenters. The van der Waals surface area contributed by atoms with Crippen LogP contribution < -0.4 is 11.5 Å². The zero-order chi connectivity index (χ0) is 25.9. The fourth-order valence-corrected chi connectivity index (χ4v) is 4.64. The summed E-state index contributed by atoms with van der Waals surface area (Å²) in [5.41, 5.74) is 21.4. The Morgan fingerprint density at radius 1 is 0.526 bits per heavy atom. The molecule has 0 aliphatic heterocycles. The van der Waals surface area contributed by atoms with E-state index in [9.17, 15) is 0 Å². The van der Waals surface area contributed by atoms with Gasteiger partial charge in [0.2, 0.25) is 0 Å². The molecule has 4 heteroatoms. The van der Waals surface area contributed by atoms with E-state index in [4.69, 9.17) is 21.4 Å². The summed E-state index contributed by atoms with van der Waals surface area (Å²) < 4.78 is 0. The predicted octanol–water partition coefficient (Wildman–Crippen LogP) is 7.96.